The summed E-state index contributed by atoms with van der Waals surface area (Å²) < 4.78 is 2.50. The summed E-state index contributed by atoms with van der Waals surface area (Å²) in [6.45, 7) is 2.36. The molecular weight excluding hydrogens is 721 g/mol. The Hall–Kier alpha value is -6.55. The first kappa shape index (κ1) is 34.7. The van der Waals surface area contributed by atoms with Gasteiger partial charge in [-0.3, -0.25) is 4.99 Å². The number of aromatic nitrogens is 1. The minimum Gasteiger partial charge on any atom is -0.301 e. The van der Waals surface area contributed by atoms with Gasteiger partial charge in [0.1, 0.15) is 4.83 Å². The number of fused-ring (bicyclic) bond motifs is 7. The van der Waals surface area contributed by atoms with Crippen molar-refractivity contribution in [2.45, 2.75) is 31.6 Å². The Morgan fingerprint density at radius 1 is 0.569 bits per heavy atom. The molecule has 3 heterocycles. The SMILES string of the molecule is C[C@@H]1CC(c2ccccc2)=NC(c2cccc(-c3ccc(-n4c5ccccc5c5c6c(sc54)C(c4ccccc4)Cc4ccccc4-6)cc3)c2)=CC1c1ccccc1. The minimum absolute atomic E-state index is 0.261. The Labute approximate surface area is 344 Å². The van der Waals surface area contributed by atoms with Crippen molar-refractivity contribution in [1.29, 1.82) is 0 Å². The van der Waals surface area contributed by atoms with E-state index >= 15 is 0 Å². The van der Waals surface area contributed by atoms with Crippen LogP contribution < -0.4 is 0 Å². The van der Waals surface area contributed by atoms with Crippen LogP contribution in [0.2, 0.25) is 0 Å². The number of thiophene rings is 1. The molecule has 1 aliphatic heterocycles. The highest BCUT2D eigenvalue weighted by atomic mass is 32.1. The normalized spacial score (nSPS) is 17.6. The molecule has 0 saturated heterocycles. The fraction of sp³-hybridized carbons (Fsp3) is 0.109. The van der Waals surface area contributed by atoms with Crippen LogP contribution in [0.4, 0.5) is 0 Å². The number of hydrogen-bond acceptors (Lipinski definition) is 2. The molecule has 0 saturated carbocycles. The van der Waals surface area contributed by atoms with Gasteiger partial charge in [0.15, 0.2) is 0 Å². The number of rotatable bonds is 6. The Kier molecular flexibility index (Phi) is 8.63. The second-order valence-corrected chi connectivity index (χ2v) is 17.0. The zero-order valence-corrected chi connectivity index (χ0v) is 33.2. The first-order chi connectivity index (χ1) is 28.7. The Balaban J connectivity index is 1.01. The smallest absolute Gasteiger partial charge is 0.109 e. The van der Waals surface area contributed by atoms with E-state index in [-0.39, 0.29) is 5.92 Å². The van der Waals surface area contributed by atoms with E-state index in [0.29, 0.717) is 11.8 Å². The van der Waals surface area contributed by atoms with Gasteiger partial charge in [-0.25, -0.2) is 0 Å². The summed E-state index contributed by atoms with van der Waals surface area (Å²) in [6.07, 6.45) is 4.34. The molecule has 11 rings (SSSR count). The van der Waals surface area contributed by atoms with Crippen molar-refractivity contribution >= 4 is 43.9 Å². The van der Waals surface area contributed by atoms with Crippen molar-refractivity contribution in [2.24, 2.45) is 10.9 Å². The molecule has 3 atom stereocenters. The topological polar surface area (TPSA) is 17.3 Å². The summed E-state index contributed by atoms with van der Waals surface area (Å²) in [5.74, 6) is 0.989. The lowest BCUT2D eigenvalue weighted by molar-refractivity contribution is 0.548. The molecule has 0 fully saturated rings. The number of nitrogens with zero attached hydrogens (tertiary/aromatic N) is 2. The fourth-order valence-corrected chi connectivity index (χ4v) is 11.0. The van der Waals surface area contributed by atoms with Crippen LogP contribution in [0, 0.1) is 5.92 Å². The molecule has 0 amide bonds. The first-order valence-electron chi connectivity index (χ1n) is 20.5. The third kappa shape index (κ3) is 5.97. The summed E-state index contributed by atoms with van der Waals surface area (Å²) >= 11 is 1.97. The van der Waals surface area contributed by atoms with Gasteiger partial charge in [-0.2, -0.15) is 0 Å². The van der Waals surface area contributed by atoms with E-state index in [4.69, 9.17) is 4.99 Å². The molecule has 2 unspecified atom stereocenters. The summed E-state index contributed by atoms with van der Waals surface area (Å²) in [5.41, 5.74) is 16.3. The average molecular weight is 763 g/mol. The maximum Gasteiger partial charge on any atom is 0.109 e. The van der Waals surface area contributed by atoms with Gasteiger partial charge in [0.2, 0.25) is 0 Å². The van der Waals surface area contributed by atoms with E-state index < -0.39 is 0 Å². The maximum atomic E-state index is 5.42. The Bertz CT molecular complexity index is 3000. The van der Waals surface area contributed by atoms with Crippen LogP contribution >= 0.6 is 11.3 Å². The van der Waals surface area contributed by atoms with Crippen molar-refractivity contribution in [2.75, 3.05) is 0 Å². The van der Waals surface area contributed by atoms with Crippen LogP contribution in [-0.2, 0) is 6.42 Å². The molecule has 0 spiro atoms. The molecule has 2 aliphatic rings. The van der Waals surface area contributed by atoms with E-state index in [2.05, 4.69) is 206 Å². The first-order valence-corrected chi connectivity index (χ1v) is 21.3. The highest BCUT2D eigenvalue weighted by Gasteiger charge is 2.32. The molecule has 0 bridgehead atoms. The molecular formula is C55H42N2S. The van der Waals surface area contributed by atoms with Crippen LogP contribution in [0.5, 0.6) is 0 Å². The van der Waals surface area contributed by atoms with Gasteiger partial charge in [0.05, 0.1) is 11.2 Å². The van der Waals surface area contributed by atoms with Crippen molar-refractivity contribution in [3.8, 4) is 27.9 Å². The van der Waals surface area contributed by atoms with Gasteiger partial charge in [0.25, 0.3) is 0 Å². The summed E-state index contributed by atoms with van der Waals surface area (Å²) in [5, 5.41) is 2.68. The number of hydrogen-bond donors (Lipinski definition) is 0. The van der Waals surface area contributed by atoms with E-state index in [9.17, 15) is 0 Å². The fourth-order valence-electron chi connectivity index (χ4n) is 9.54. The molecule has 278 valence electrons. The molecule has 7 aromatic carbocycles. The van der Waals surface area contributed by atoms with Gasteiger partial charge < -0.3 is 4.57 Å². The number of benzene rings is 7. The van der Waals surface area contributed by atoms with Crippen LogP contribution in [0.3, 0.4) is 0 Å². The largest absolute Gasteiger partial charge is 0.301 e. The van der Waals surface area contributed by atoms with Crippen LogP contribution in [0.15, 0.2) is 199 Å². The summed E-state index contributed by atoms with van der Waals surface area (Å²) in [6, 6.07) is 68.9. The predicted molar refractivity (Wildman–Crippen MR) is 245 cm³/mol. The van der Waals surface area contributed by atoms with Gasteiger partial charge in [-0.05, 0) is 82.0 Å². The quantitative estimate of drug-likeness (QED) is 0.161. The van der Waals surface area contributed by atoms with Gasteiger partial charge in [-0.15, -0.1) is 11.3 Å². The zero-order chi connectivity index (χ0) is 38.6. The molecule has 2 aromatic heterocycles. The van der Waals surface area contributed by atoms with Crippen molar-refractivity contribution in [1.82, 2.24) is 4.57 Å². The molecule has 58 heavy (non-hydrogen) atoms. The van der Waals surface area contributed by atoms with Crippen LogP contribution in [0.1, 0.15) is 57.9 Å². The standard InChI is InChI=1S/C55H42N2S/c1-36-32-49(40-20-9-4-10-21-40)56-50(35-47(36)38-16-5-2-6-17-38)43-24-15-23-41(33-43)37-28-30-44(31-29-37)57-51-27-14-13-26-46(51)53-52-45-25-12-11-22-42(45)34-48(54(52)58-55(53)57)39-18-7-3-8-19-39/h2-31,33,35-36,47-48H,32,34H2,1H3/t36-,47?,48?/m1/s1. The van der Waals surface area contributed by atoms with Crippen LogP contribution in [-0.4, -0.2) is 10.3 Å². The molecule has 2 nitrogen and oxygen atoms in total. The molecule has 1 aliphatic carbocycles. The minimum atomic E-state index is 0.261. The predicted octanol–water partition coefficient (Wildman–Crippen LogP) is 14.5. The maximum absolute atomic E-state index is 5.42. The van der Waals surface area contributed by atoms with E-state index in [1.54, 1.807) is 0 Å². The average Bonchev–Trinajstić information content (AvgIpc) is 3.77. The highest BCUT2D eigenvalue weighted by molar-refractivity contribution is 7.19. The lowest BCUT2D eigenvalue weighted by Gasteiger charge is -2.25. The third-order valence-electron chi connectivity index (χ3n) is 12.4. The van der Waals surface area contributed by atoms with E-state index in [1.165, 1.54) is 76.2 Å². The molecule has 3 heteroatoms. The lowest BCUT2D eigenvalue weighted by atomic mass is 9.79. The highest BCUT2D eigenvalue weighted by Crippen LogP contribution is 2.53. The second-order valence-electron chi connectivity index (χ2n) is 15.9. The van der Waals surface area contributed by atoms with Gasteiger partial charge in [0, 0.05) is 50.0 Å². The van der Waals surface area contributed by atoms with E-state index in [1.807, 2.05) is 11.3 Å². The lowest BCUT2D eigenvalue weighted by Crippen LogP contribution is -2.12. The zero-order valence-electron chi connectivity index (χ0n) is 32.4. The molecule has 0 radical (unpaired) electrons. The Morgan fingerprint density at radius 3 is 2.02 bits per heavy atom. The number of allylic oxidation sites excluding steroid dienone is 1. The number of aliphatic imine (C=N–C) groups is 1. The van der Waals surface area contributed by atoms with Crippen molar-refractivity contribution in [3.05, 3.63) is 227 Å². The molecule has 0 N–H and O–H groups in total. The van der Waals surface area contributed by atoms with Gasteiger partial charge in [-0.1, -0.05) is 177 Å². The number of para-hydroxylation sites is 1. The van der Waals surface area contributed by atoms with Gasteiger partial charge >= 0.3 is 0 Å². The van der Waals surface area contributed by atoms with Crippen LogP contribution in [0.25, 0.3) is 54.8 Å². The summed E-state index contributed by atoms with van der Waals surface area (Å²) in [4.78, 5) is 8.21. The second kappa shape index (κ2) is 14.4. The monoisotopic (exact) mass is 762 g/mol. The third-order valence-corrected chi connectivity index (χ3v) is 13.7. The van der Waals surface area contributed by atoms with Crippen molar-refractivity contribution in [3.63, 3.8) is 0 Å². The molecule has 9 aromatic rings. The Morgan fingerprint density at radius 2 is 1.22 bits per heavy atom. The van der Waals surface area contributed by atoms with Crippen molar-refractivity contribution < 1.29 is 0 Å². The van der Waals surface area contributed by atoms with E-state index in [0.717, 1.165) is 29.8 Å². The summed E-state index contributed by atoms with van der Waals surface area (Å²) in [7, 11) is 0.